The summed E-state index contributed by atoms with van der Waals surface area (Å²) in [5.41, 5.74) is 3.98. The molecule has 1 aliphatic rings. The molecule has 0 aliphatic carbocycles. The molecule has 4 nitrogen and oxygen atoms in total. The fourth-order valence-corrected chi connectivity index (χ4v) is 2.66. The standard InChI is InChI=1S/C14H17IN4/c1-10-5-3-4-6-12(10)18-11(2)19(17)14(9-16)13(18)7-8-15/h3-9,11,16H,17H2,1-2H3/b8-7-,16-9?/t11-/m1/s1. The van der Waals surface area contributed by atoms with Gasteiger partial charge in [0, 0.05) is 11.9 Å². The summed E-state index contributed by atoms with van der Waals surface area (Å²) in [4.78, 5) is 2.16. The van der Waals surface area contributed by atoms with Gasteiger partial charge in [0.1, 0.15) is 6.17 Å². The molecule has 1 atom stereocenters. The van der Waals surface area contributed by atoms with E-state index in [-0.39, 0.29) is 6.17 Å². The van der Waals surface area contributed by atoms with Crippen LogP contribution in [0.25, 0.3) is 0 Å². The van der Waals surface area contributed by atoms with Gasteiger partial charge in [0.2, 0.25) is 0 Å². The Hall–Kier alpha value is -1.34. The van der Waals surface area contributed by atoms with Gasteiger partial charge in [0.05, 0.1) is 11.4 Å². The number of nitrogens with one attached hydrogen (secondary N) is 1. The van der Waals surface area contributed by atoms with Crippen molar-refractivity contribution in [3.63, 3.8) is 0 Å². The van der Waals surface area contributed by atoms with E-state index in [4.69, 9.17) is 11.3 Å². The molecule has 1 aliphatic heterocycles. The molecular weight excluding hydrogens is 351 g/mol. The molecule has 1 aromatic rings. The molecule has 1 heterocycles. The molecule has 0 spiro atoms. The predicted molar refractivity (Wildman–Crippen MR) is 88.1 cm³/mol. The number of anilines is 1. The van der Waals surface area contributed by atoms with Crippen LogP contribution in [0.2, 0.25) is 0 Å². The van der Waals surface area contributed by atoms with Crippen molar-refractivity contribution < 1.29 is 0 Å². The van der Waals surface area contributed by atoms with Crippen molar-refractivity contribution in [1.82, 2.24) is 5.01 Å². The van der Waals surface area contributed by atoms with Gasteiger partial charge in [-0.25, -0.2) is 5.84 Å². The third-order valence-electron chi connectivity index (χ3n) is 3.31. The van der Waals surface area contributed by atoms with Crippen LogP contribution in [0, 0.1) is 12.3 Å². The first-order chi connectivity index (χ1) is 9.11. The van der Waals surface area contributed by atoms with E-state index in [2.05, 4.69) is 46.5 Å². The quantitative estimate of drug-likeness (QED) is 0.490. The van der Waals surface area contributed by atoms with Gasteiger partial charge in [-0.1, -0.05) is 40.8 Å². The summed E-state index contributed by atoms with van der Waals surface area (Å²) >= 11 is 2.18. The highest BCUT2D eigenvalue weighted by Gasteiger charge is 2.33. The minimum Gasteiger partial charge on any atom is -0.317 e. The van der Waals surface area contributed by atoms with Crippen molar-refractivity contribution in [2.45, 2.75) is 20.0 Å². The van der Waals surface area contributed by atoms with Gasteiger partial charge in [-0.15, -0.1) is 0 Å². The van der Waals surface area contributed by atoms with E-state index >= 15 is 0 Å². The maximum atomic E-state index is 7.57. The smallest absolute Gasteiger partial charge is 0.118 e. The number of hydrazine groups is 1. The van der Waals surface area contributed by atoms with Crippen molar-refractivity contribution in [3.8, 4) is 0 Å². The van der Waals surface area contributed by atoms with Gasteiger partial charge < -0.3 is 10.3 Å². The lowest BCUT2D eigenvalue weighted by atomic mass is 10.1. The molecule has 0 radical (unpaired) electrons. The molecule has 1 aromatic carbocycles. The Morgan fingerprint density at radius 1 is 1.32 bits per heavy atom. The fraction of sp³-hybridized carbons (Fsp3) is 0.214. The van der Waals surface area contributed by atoms with E-state index in [0.717, 1.165) is 17.1 Å². The van der Waals surface area contributed by atoms with Crippen LogP contribution in [-0.4, -0.2) is 17.4 Å². The van der Waals surface area contributed by atoms with Gasteiger partial charge in [-0.3, -0.25) is 5.01 Å². The van der Waals surface area contributed by atoms with Crippen molar-refractivity contribution >= 4 is 34.5 Å². The summed E-state index contributed by atoms with van der Waals surface area (Å²) in [6.07, 6.45) is 3.28. The first-order valence-electron chi connectivity index (χ1n) is 6.02. The molecule has 0 saturated carbocycles. The molecule has 0 unspecified atom stereocenters. The van der Waals surface area contributed by atoms with Gasteiger partial charge in [0.25, 0.3) is 0 Å². The third kappa shape index (κ3) is 2.40. The molecule has 100 valence electrons. The number of benzene rings is 1. The van der Waals surface area contributed by atoms with E-state index in [0.29, 0.717) is 0 Å². The van der Waals surface area contributed by atoms with Crippen LogP contribution in [0.1, 0.15) is 12.5 Å². The lowest BCUT2D eigenvalue weighted by Crippen LogP contribution is -2.42. The van der Waals surface area contributed by atoms with Crippen molar-refractivity contribution in [1.29, 1.82) is 5.41 Å². The number of hydrogen-bond donors (Lipinski definition) is 2. The second kappa shape index (κ2) is 5.75. The molecule has 0 amide bonds. The lowest BCUT2D eigenvalue weighted by molar-refractivity contribution is 0.319. The number of hydrogen-bond acceptors (Lipinski definition) is 4. The number of rotatable bonds is 3. The zero-order valence-electron chi connectivity index (χ0n) is 11.0. The number of allylic oxidation sites excluding steroid dienone is 2. The Morgan fingerprint density at radius 2 is 2.00 bits per heavy atom. The summed E-state index contributed by atoms with van der Waals surface area (Å²) in [7, 11) is 0. The maximum absolute atomic E-state index is 7.57. The summed E-state index contributed by atoms with van der Waals surface area (Å²) < 4.78 is 1.94. The molecule has 3 N–H and O–H groups in total. The van der Waals surface area contributed by atoms with Crippen molar-refractivity contribution in [2.24, 2.45) is 5.84 Å². The van der Waals surface area contributed by atoms with Crippen LogP contribution < -0.4 is 10.7 Å². The lowest BCUT2D eigenvalue weighted by Gasteiger charge is -2.29. The van der Waals surface area contributed by atoms with E-state index in [1.165, 1.54) is 11.8 Å². The summed E-state index contributed by atoms with van der Waals surface area (Å²) in [6, 6.07) is 8.20. The Kier molecular flexibility index (Phi) is 4.26. The van der Waals surface area contributed by atoms with E-state index in [1.54, 1.807) is 5.01 Å². The molecule has 0 bridgehead atoms. The Balaban J connectivity index is 2.58. The van der Waals surface area contributed by atoms with Gasteiger partial charge >= 0.3 is 0 Å². The Labute approximate surface area is 127 Å². The average molecular weight is 368 g/mol. The fourth-order valence-electron chi connectivity index (χ4n) is 2.32. The van der Waals surface area contributed by atoms with Crippen molar-refractivity contribution in [3.05, 3.63) is 51.4 Å². The predicted octanol–water partition coefficient (Wildman–Crippen LogP) is 3.15. The largest absolute Gasteiger partial charge is 0.317 e. The van der Waals surface area contributed by atoms with Crippen LogP contribution >= 0.6 is 22.6 Å². The topological polar surface area (TPSA) is 56.4 Å². The van der Waals surface area contributed by atoms with Gasteiger partial charge in [-0.2, -0.15) is 0 Å². The normalized spacial score (nSPS) is 19.7. The second-order valence-corrected chi connectivity index (χ2v) is 5.12. The van der Waals surface area contributed by atoms with Gasteiger partial charge in [0.15, 0.2) is 0 Å². The number of nitrogens with two attached hydrogens (primary N) is 1. The molecule has 0 aromatic heterocycles. The van der Waals surface area contributed by atoms with Crippen LogP contribution in [0.3, 0.4) is 0 Å². The van der Waals surface area contributed by atoms with E-state index in [1.807, 2.05) is 29.2 Å². The molecule has 19 heavy (non-hydrogen) atoms. The third-order valence-corrected chi connectivity index (χ3v) is 3.67. The number of aryl methyl sites for hydroxylation is 1. The molecular formula is C14H17IN4. The SMILES string of the molecule is Cc1ccccc1N1C(/C=C\I)=C(C=N)N(N)[C@@H]1C. The maximum Gasteiger partial charge on any atom is 0.118 e. The number of nitrogens with zero attached hydrogens (tertiary/aromatic N) is 2. The first-order valence-corrected chi connectivity index (χ1v) is 7.26. The molecule has 0 fully saturated rings. The molecule has 0 saturated heterocycles. The molecule has 5 heteroatoms. The monoisotopic (exact) mass is 368 g/mol. The van der Waals surface area contributed by atoms with Crippen LogP contribution in [0.5, 0.6) is 0 Å². The first kappa shape index (κ1) is 14.1. The second-order valence-electron chi connectivity index (χ2n) is 4.40. The van der Waals surface area contributed by atoms with Crippen molar-refractivity contribution in [2.75, 3.05) is 4.90 Å². The summed E-state index contributed by atoms with van der Waals surface area (Å²) in [6.45, 7) is 4.11. The zero-order valence-corrected chi connectivity index (χ0v) is 13.1. The van der Waals surface area contributed by atoms with Crippen LogP contribution in [0.4, 0.5) is 5.69 Å². The number of halogens is 1. The minimum absolute atomic E-state index is 0.0136. The Bertz CT molecular complexity index is 550. The van der Waals surface area contributed by atoms with E-state index in [9.17, 15) is 0 Å². The summed E-state index contributed by atoms with van der Waals surface area (Å²) in [5.74, 6) is 6.08. The zero-order chi connectivity index (χ0) is 14.0. The van der Waals surface area contributed by atoms with Crippen LogP contribution in [-0.2, 0) is 0 Å². The van der Waals surface area contributed by atoms with Gasteiger partial charge in [-0.05, 0) is 35.6 Å². The highest BCUT2D eigenvalue weighted by atomic mass is 127. The Morgan fingerprint density at radius 3 is 2.58 bits per heavy atom. The van der Waals surface area contributed by atoms with E-state index < -0.39 is 0 Å². The van der Waals surface area contributed by atoms with Crippen LogP contribution in [0.15, 0.2) is 45.8 Å². The molecule has 2 rings (SSSR count). The minimum atomic E-state index is -0.0136. The average Bonchev–Trinajstić information content (AvgIpc) is 2.63. The number of para-hydroxylation sites is 1. The highest BCUT2D eigenvalue weighted by molar-refractivity contribution is 14.1. The highest BCUT2D eigenvalue weighted by Crippen LogP contribution is 2.34. The summed E-state index contributed by atoms with van der Waals surface area (Å²) in [5, 5.41) is 9.20.